The van der Waals surface area contributed by atoms with Gasteiger partial charge in [0, 0.05) is 5.02 Å². The first-order valence-corrected chi connectivity index (χ1v) is 5.80. The van der Waals surface area contributed by atoms with Crippen molar-refractivity contribution < 1.29 is 9.53 Å². The van der Waals surface area contributed by atoms with Crippen LogP contribution in [0, 0.1) is 6.92 Å². The molecule has 0 saturated carbocycles. The maximum atomic E-state index is 11.1. The molecule has 1 aromatic carbocycles. The van der Waals surface area contributed by atoms with Gasteiger partial charge in [-0.3, -0.25) is 4.79 Å². The smallest absolute Gasteiger partial charge is 0.236 e. The van der Waals surface area contributed by atoms with E-state index >= 15 is 0 Å². The Morgan fingerprint density at radius 2 is 2.29 bits per heavy atom. The fourth-order valence-electron chi connectivity index (χ4n) is 1.21. The predicted octanol–water partition coefficient (Wildman–Crippen LogP) is 1.49. The van der Waals surface area contributed by atoms with Crippen LogP contribution in [0.2, 0.25) is 5.02 Å². The number of hydrogen-bond donors (Lipinski definition) is 2. The lowest BCUT2D eigenvalue weighted by molar-refractivity contribution is -0.122. The summed E-state index contributed by atoms with van der Waals surface area (Å²) in [5.74, 6) is 0.558. The average molecular weight is 257 g/mol. The van der Waals surface area contributed by atoms with Gasteiger partial charge in [0.25, 0.3) is 0 Å². The van der Waals surface area contributed by atoms with E-state index in [2.05, 4.69) is 5.32 Å². The fraction of sp³-hybridized carbons (Fsp3) is 0.417. The standard InChI is InChI=1S/C12H17ClN2O2/c1-8-7-10(3-4-11(8)13)17-6-5-15-12(16)9(2)14/h3-4,7,9H,5-6,14H2,1-2H3,(H,15,16). The molecule has 5 heteroatoms. The van der Waals surface area contributed by atoms with Crippen molar-refractivity contribution >= 4 is 17.5 Å². The van der Waals surface area contributed by atoms with E-state index in [4.69, 9.17) is 22.1 Å². The zero-order chi connectivity index (χ0) is 12.8. The van der Waals surface area contributed by atoms with Gasteiger partial charge in [-0.05, 0) is 37.6 Å². The second-order valence-electron chi connectivity index (χ2n) is 3.84. The molecular formula is C12H17ClN2O2. The number of carbonyl (C=O) groups excluding carboxylic acids is 1. The maximum Gasteiger partial charge on any atom is 0.236 e. The lowest BCUT2D eigenvalue weighted by Gasteiger charge is -2.10. The summed E-state index contributed by atoms with van der Waals surface area (Å²) in [4.78, 5) is 11.1. The van der Waals surface area contributed by atoms with E-state index in [9.17, 15) is 4.79 Å². The van der Waals surface area contributed by atoms with Crippen LogP contribution < -0.4 is 15.8 Å². The van der Waals surface area contributed by atoms with Crippen LogP contribution in [0.25, 0.3) is 0 Å². The van der Waals surface area contributed by atoms with Crippen LogP contribution in [0.4, 0.5) is 0 Å². The second kappa shape index (κ2) is 6.47. The van der Waals surface area contributed by atoms with E-state index in [1.54, 1.807) is 19.1 Å². The Hall–Kier alpha value is -1.26. The molecule has 4 nitrogen and oxygen atoms in total. The van der Waals surface area contributed by atoms with Crippen LogP contribution in [0.1, 0.15) is 12.5 Å². The minimum Gasteiger partial charge on any atom is -0.492 e. The monoisotopic (exact) mass is 256 g/mol. The van der Waals surface area contributed by atoms with Gasteiger partial charge in [0.1, 0.15) is 12.4 Å². The van der Waals surface area contributed by atoms with Gasteiger partial charge in [-0.15, -0.1) is 0 Å². The van der Waals surface area contributed by atoms with Crippen molar-refractivity contribution in [1.29, 1.82) is 0 Å². The Balaban J connectivity index is 2.31. The number of nitrogens with one attached hydrogen (secondary N) is 1. The highest BCUT2D eigenvalue weighted by molar-refractivity contribution is 6.31. The number of amides is 1. The minimum atomic E-state index is -0.493. The molecule has 0 aliphatic heterocycles. The van der Waals surface area contributed by atoms with Crippen LogP contribution in [-0.2, 0) is 4.79 Å². The van der Waals surface area contributed by atoms with Gasteiger partial charge in [-0.2, -0.15) is 0 Å². The number of carbonyl (C=O) groups is 1. The summed E-state index contributed by atoms with van der Waals surface area (Å²) in [6.45, 7) is 4.38. The summed E-state index contributed by atoms with van der Waals surface area (Å²) in [7, 11) is 0. The Labute approximate surface area is 106 Å². The van der Waals surface area contributed by atoms with Crippen LogP contribution in [0.15, 0.2) is 18.2 Å². The molecule has 1 atom stereocenters. The molecule has 0 fully saturated rings. The third kappa shape index (κ3) is 4.63. The highest BCUT2D eigenvalue weighted by Crippen LogP contribution is 2.20. The molecule has 1 amide bonds. The van der Waals surface area contributed by atoms with Gasteiger partial charge in [0.2, 0.25) is 5.91 Å². The number of halogens is 1. The topological polar surface area (TPSA) is 64.3 Å². The number of rotatable bonds is 5. The third-order valence-corrected chi connectivity index (χ3v) is 2.64. The van der Waals surface area contributed by atoms with E-state index < -0.39 is 6.04 Å². The number of hydrogen-bond acceptors (Lipinski definition) is 3. The predicted molar refractivity (Wildman–Crippen MR) is 68.3 cm³/mol. The van der Waals surface area contributed by atoms with Gasteiger partial charge in [0.15, 0.2) is 0 Å². The largest absolute Gasteiger partial charge is 0.492 e. The Kier molecular flexibility index (Phi) is 5.25. The third-order valence-electron chi connectivity index (χ3n) is 2.21. The zero-order valence-corrected chi connectivity index (χ0v) is 10.8. The van der Waals surface area contributed by atoms with Crippen molar-refractivity contribution in [2.45, 2.75) is 19.9 Å². The molecule has 1 rings (SSSR count). The number of ether oxygens (including phenoxy) is 1. The Bertz CT molecular complexity index is 394. The van der Waals surface area contributed by atoms with Gasteiger partial charge >= 0.3 is 0 Å². The van der Waals surface area contributed by atoms with E-state index in [0.717, 1.165) is 11.3 Å². The van der Waals surface area contributed by atoms with Crippen molar-refractivity contribution in [3.63, 3.8) is 0 Å². The van der Waals surface area contributed by atoms with Gasteiger partial charge in [-0.25, -0.2) is 0 Å². The second-order valence-corrected chi connectivity index (χ2v) is 4.25. The zero-order valence-electron chi connectivity index (χ0n) is 10.00. The first-order chi connectivity index (χ1) is 8.00. The summed E-state index contributed by atoms with van der Waals surface area (Å²) >= 11 is 5.89. The SMILES string of the molecule is Cc1cc(OCCNC(=O)C(C)N)ccc1Cl. The molecule has 0 aliphatic rings. The van der Waals surface area contributed by atoms with Crippen LogP contribution in [0.3, 0.4) is 0 Å². The first kappa shape index (κ1) is 13.8. The molecule has 0 saturated heterocycles. The highest BCUT2D eigenvalue weighted by atomic mass is 35.5. The number of nitrogens with two attached hydrogens (primary N) is 1. The Morgan fingerprint density at radius 1 is 1.59 bits per heavy atom. The van der Waals surface area contributed by atoms with Crippen LogP contribution in [0.5, 0.6) is 5.75 Å². The molecular weight excluding hydrogens is 240 g/mol. The summed E-state index contributed by atoms with van der Waals surface area (Å²) in [6, 6.07) is 4.94. The van der Waals surface area contributed by atoms with E-state index in [1.165, 1.54) is 0 Å². The van der Waals surface area contributed by atoms with E-state index in [1.807, 2.05) is 13.0 Å². The minimum absolute atomic E-state index is 0.180. The molecule has 94 valence electrons. The molecule has 0 aliphatic carbocycles. The highest BCUT2D eigenvalue weighted by Gasteiger charge is 2.05. The quantitative estimate of drug-likeness (QED) is 0.785. The first-order valence-electron chi connectivity index (χ1n) is 5.43. The fourth-order valence-corrected chi connectivity index (χ4v) is 1.33. The van der Waals surface area contributed by atoms with Crippen LogP contribution >= 0.6 is 11.6 Å². The summed E-state index contributed by atoms with van der Waals surface area (Å²) < 4.78 is 5.46. The summed E-state index contributed by atoms with van der Waals surface area (Å²) in [5.41, 5.74) is 6.36. The Morgan fingerprint density at radius 3 is 2.88 bits per heavy atom. The van der Waals surface area contributed by atoms with Gasteiger partial charge < -0.3 is 15.8 Å². The lowest BCUT2D eigenvalue weighted by atomic mass is 10.2. The molecule has 3 N–H and O–H groups in total. The van der Waals surface area contributed by atoms with Crippen molar-refractivity contribution in [3.8, 4) is 5.75 Å². The van der Waals surface area contributed by atoms with E-state index in [0.29, 0.717) is 18.2 Å². The molecule has 0 radical (unpaired) electrons. The maximum absolute atomic E-state index is 11.1. The molecule has 1 unspecified atom stereocenters. The van der Waals surface area contributed by atoms with Crippen LogP contribution in [-0.4, -0.2) is 25.1 Å². The molecule has 17 heavy (non-hydrogen) atoms. The normalized spacial score (nSPS) is 12.0. The molecule has 0 aromatic heterocycles. The van der Waals surface area contributed by atoms with Crippen molar-refractivity contribution in [2.75, 3.05) is 13.2 Å². The van der Waals surface area contributed by atoms with Crippen molar-refractivity contribution in [1.82, 2.24) is 5.32 Å². The molecule has 1 aromatic rings. The number of aryl methyl sites for hydroxylation is 1. The average Bonchev–Trinajstić information content (AvgIpc) is 2.28. The molecule has 0 heterocycles. The summed E-state index contributed by atoms with van der Waals surface area (Å²) in [5, 5.41) is 3.37. The van der Waals surface area contributed by atoms with Gasteiger partial charge in [0.05, 0.1) is 12.6 Å². The summed E-state index contributed by atoms with van der Waals surface area (Å²) in [6.07, 6.45) is 0. The number of benzene rings is 1. The van der Waals surface area contributed by atoms with Gasteiger partial charge in [-0.1, -0.05) is 11.6 Å². The molecule has 0 spiro atoms. The van der Waals surface area contributed by atoms with E-state index in [-0.39, 0.29) is 5.91 Å². The lowest BCUT2D eigenvalue weighted by Crippen LogP contribution is -2.40. The van der Waals surface area contributed by atoms with Crippen molar-refractivity contribution in [2.24, 2.45) is 5.73 Å². The van der Waals surface area contributed by atoms with Crippen molar-refractivity contribution in [3.05, 3.63) is 28.8 Å². The molecule has 0 bridgehead atoms.